The van der Waals surface area contributed by atoms with Crippen molar-refractivity contribution in [3.05, 3.63) is 133 Å². The smallest absolute Gasteiger partial charge is 0.126 e. The van der Waals surface area contributed by atoms with Gasteiger partial charge in [-0.2, -0.15) is 10.2 Å². The van der Waals surface area contributed by atoms with Crippen molar-refractivity contribution in [2.75, 3.05) is 0 Å². The molecule has 8 aromatic rings. The molecular weight excluding hydrogens is 583 g/mol. The van der Waals surface area contributed by atoms with Crippen molar-refractivity contribution in [1.82, 2.24) is 29.5 Å². The predicted octanol–water partition coefficient (Wildman–Crippen LogP) is 9.34. The molecule has 0 aliphatic carbocycles. The van der Waals surface area contributed by atoms with E-state index >= 15 is 0 Å². The maximum Gasteiger partial charge on any atom is 0.126 e. The van der Waals surface area contributed by atoms with Crippen molar-refractivity contribution >= 4 is 21.8 Å². The van der Waals surface area contributed by atoms with Gasteiger partial charge < -0.3 is 0 Å². The van der Waals surface area contributed by atoms with Gasteiger partial charge in [0.15, 0.2) is 0 Å². The van der Waals surface area contributed by atoms with E-state index < -0.39 is 0 Å². The van der Waals surface area contributed by atoms with Crippen LogP contribution in [0.3, 0.4) is 0 Å². The number of hydrogen-bond donors (Lipinski definition) is 0. The number of aromatic nitrogens is 6. The van der Waals surface area contributed by atoms with Gasteiger partial charge in [0.05, 0.1) is 34.8 Å². The lowest BCUT2D eigenvalue weighted by atomic mass is 9.92. The van der Waals surface area contributed by atoms with Gasteiger partial charge in [0.25, 0.3) is 0 Å². The number of fused-ring (bicyclic) bond motifs is 2. The number of benzene rings is 4. The fraction of sp³-hybridized carbons (Fsp3) is 0.100. The number of hydrogen-bond acceptors (Lipinski definition) is 4. The van der Waals surface area contributed by atoms with Gasteiger partial charge in [-0.05, 0) is 102 Å². The van der Waals surface area contributed by atoms with Crippen molar-refractivity contribution in [2.45, 2.75) is 13.8 Å². The van der Waals surface area contributed by atoms with E-state index in [4.69, 9.17) is 9.97 Å². The molecule has 0 saturated carbocycles. The molecule has 0 saturated heterocycles. The summed E-state index contributed by atoms with van der Waals surface area (Å²) in [5.41, 5.74) is 13.7. The molecule has 228 valence electrons. The van der Waals surface area contributed by atoms with Gasteiger partial charge >= 0.3 is 0 Å². The topological polar surface area (TPSA) is 61.4 Å². The number of halogens is 1. The third-order valence-corrected chi connectivity index (χ3v) is 9.05. The van der Waals surface area contributed by atoms with E-state index in [1.165, 1.54) is 6.07 Å². The molecule has 0 N–H and O–H groups in total. The fourth-order valence-corrected chi connectivity index (χ4v) is 6.52. The van der Waals surface area contributed by atoms with Crippen LogP contribution in [0.15, 0.2) is 116 Å². The molecule has 0 unspecified atom stereocenters. The summed E-state index contributed by atoms with van der Waals surface area (Å²) in [7, 11) is 3.90. The van der Waals surface area contributed by atoms with E-state index in [2.05, 4.69) is 83.9 Å². The summed E-state index contributed by atoms with van der Waals surface area (Å²) in [6.45, 7) is 3.91. The first-order valence-corrected chi connectivity index (χ1v) is 15.5. The van der Waals surface area contributed by atoms with Gasteiger partial charge in [0.2, 0.25) is 0 Å². The zero-order valence-corrected chi connectivity index (χ0v) is 26.5. The second-order valence-corrected chi connectivity index (χ2v) is 12.1. The van der Waals surface area contributed by atoms with E-state index in [1.54, 1.807) is 13.0 Å². The highest BCUT2D eigenvalue weighted by molar-refractivity contribution is 5.92. The van der Waals surface area contributed by atoms with Gasteiger partial charge in [-0.25, -0.2) is 4.39 Å². The van der Waals surface area contributed by atoms with Gasteiger partial charge in [0, 0.05) is 65.1 Å². The quantitative estimate of drug-likeness (QED) is 0.194. The van der Waals surface area contributed by atoms with Crippen LogP contribution in [0.4, 0.5) is 4.39 Å². The van der Waals surface area contributed by atoms with Gasteiger partial charge in [-0.3, -0.25) is 19.3 Å². The number of aryl methyl sites for hydroxylation is 4. The Balaban J connectivity index is 1.23. The molecule has 8 rings (SSSR count). The van der Waals surface area contributed by atoms with Gasteiger partial charge in [-0.1, -0.05) is 30.3 Å². The molecular formula is C40H31FN6. The first-order valence-electron chi connectivity index (χ1n) is 15.5. The molecule has 0 spiro atoms. The SMILES string of the molecule is Cc1cc(-c2ncc(-c3ccc(-c4ncccc4-c4ccc5c(cnn5C)c4)cc3C)cc2-c2ccc3c(cnn3C)c2)ccc1F. The van der Waals surface area contributed by atoms with Gasteiger partial charge in [0.1, 0.15) is 5.82 Å². The normalized spacial score (nSPS) is 11.5. The molecule has 0 atom stereocenters. The Morgan fingerprint density at radius 1 is 0.511 bits per heavy atom. The molecule has 6 nitrogen and oxygen atoms in total. The van der Waals surface area contributed by atoms with E-state index in [-0.39, 0.29) is 5.82 Å². The Labute approximate surface area is 271 Å². The van der Waals surface area contributed by atoms with Crippen LogP contribution in [0.2, 0.25) is 0 Å². The molecule has 0 bridgehead atoms. The van der Waals surface area contributed by atoms with E-state index in [9.17, 15) is 4.39 Å². The summed E-state index contributed by atoms with van der Waals surface area (Å²) in [5.74, 6) is -0.229. The summed E-state index contributed by atoms with van der Waals surface area (Å²) < 4.78 is 18.0. The summed E-state index contributed by atoms with van der Waals surface area (Å²) in [6, 6.07) is 30.7. The summed E-state index contributed by atoms with van der Waals surface area (Å²) in [5, 5.41) is 11.0. The van der Waals surface area contributed by atoms with Crippen LogP contribution >= 0.6 is 0 Å². The minimum absolute atomic E-state index is 0.229. The molecule has 0 fully saturated rings. The molecule has 0 aliphatic rings. The lowest BCUT2D eigenvalue weighted by Crippen LogP contribution is -1.95. The van der Waals surface area contributed by atoms with Crippen molar-refractivity contribution in [3.63, 3.8) is 0 Å². The number of nitrogens with zero attached hydrogens (tertiary/aromatic N) is 6. The van der Waals surface area contributed by atoms with Crippen LogP contribution in [-0.2, 0) is 14.1 Å². The van der Waals surface area contributed by atoms with Crippen LogP contribution in [0, 0.1) is 19.7 Å². The van der Waals surface area contributed by atoms with Crippen molar-refractivity contribution < 1.29 is 4.39 Å². The van der Waals surface area contributed by atoms with Crippen molar-refractivity contribution in [3.8, 4) is 55.9 Å². The van der Waals surface area contributed by atoms with Crippen LogP contribution in [0.5, 0.6) is 0 Å². The third-order valence-electron chi connectivity index (χ3n) is 9.05. The first kappa shape index (κ1) is 28.5. The highest BCUT2D eigenvalue weighted by Gasteiger charge is 2.16. The molecule has 0 aliphatic heterocycles. The minimum Gasteiger partial charge on any atom is -0.268 e. The Kier molecular flexibility index (Phi) is 6.76. The van der Waals surface area contributed by atoms with E-state index in [0.29, 0.717) is 5.56 Å². The molecule has 0 radical (unpaired) electrons. The summed E-state index contributed by atoms with van der Waals surface area (Å²) in [4.78, 5) is 9.82. The summed E-state index contributed by atoms with van der Waals surface area (Å²) in [6.07, 6.45) is 7.53. The lowest BCUT2D eigenvalue weighted by molar-refractivity contribution is 0.619. The van der Waals surface area contributed by atoms with E-state index in [0.717, 1.165) is 83.3 Å². The predicted molar refractivity (Wildman–Crippen MR) is 187 cm³/mol. The average Bonchev–Trinajstić information content (AvgIpc) is 3.66. The first-order chi connectivity index (χ1) is 22.8. The Bertz CT molecular complexity index is 2490. The van der Waals surface area contributed by atoms with Crippen LogP contribution in [-0.4, -0.2) is 29.5 Å². The van der Waals surface area contributed by atoms with E-state index in [1.807, 2.05) is 60.4 Å². The second-order valence-electron chi connectivity index (χ2n) is 12.1. The zero-order chi connectivity index (χ0) is 32.2. The maximum absolute atomic E-state index is 14.2. The molecule has 4 aromatic heterocycles. The van der Waals surface area contributed by atoms with Crippen LogP contribution in [0.1, 0.15) is 11.1 Å². The Morgan fingerprint density at radius 2 is 1.11 bits per heavy atom. The fourth-order valence-electron chi connectivity index (χ4n) is 6.52. The Hall–Kier alpha value is -5.95. The van der Waals surface area contributed by atoms with Crippen LogP contribution < -0.4 is 0 Å². The molecule has 47 heavy (non-hydrogen) atoms. The molecule has 4 aromatic carbocycles. The minimum atomic E-state index is -0.229. The van der Waals surface area contributed by atoms with Crippen molar-refractivity contribution in [1.29, 1.82) is 0 Å². The monoisotopic (exact) mass is 614 g/mol. The average molecular weight is 615 g/mol. The highest BCUT2D eigenvalue weighted by Crippen LogP contribution is 2.38. The van der Waals surface area contributed by atoms with Gasteiger partial charge in [-0.15, -0.1) is 0 Å². The molecule has 0 amide bonds. The molecule has 4 heterocycles. The van der Waals surface area contributed by atoms with Crippen LogP contribution in [0.25, 0.3) is 77.7 Å². The third kappa shape index (κ3) is 4.97. The second kappa shape index (κ2) is 11.1. The summed E-state index contributed by atoms with van der Waals surface area (Å²) >= 11 is 0. The van der Waals surface area contributed by atoms with Crippen molar-refractivity contribution in [2.24, 2.45) is 14.1 Å². The standard InChI is InChI=1S/C40H31FN6/c1-24-16-28(39-34(6-5-15-42-39)26-9-13-37-31(18-26)22-44-46(37)3)7-11-33(24)30-20-35(27-10-14-38-32(19-27)23-45-47(38)4)40(43-21-30)29-8-12-36(41)25(2)17-29/h5-23H,1-4H3. The maximum atomic E-state index is 14.2. The highest BCUT2D eigenvalue weighted by atomic mass is 19.1. The number of rotatable bonds is 5. The zero-order valence-electron chi connectivity index (χ0n) is 26.5. The lowest BCUT2D eigenvalue weighted by Gasteiger charge is -2.15. The number of pyridine rings is 2. The molecule has 7 heteroatoms. The largest absolute Gasteiger partial charge is 0.268 e. The Morgan fingerprint density at radius 3 is 1.77 bits per heavy atom.